The van der Waals surface area contributed by atoms with Crippen LogP contribution in [0, 0.1) is 7.14 Å². The number of halogens is 5. The van der Waals surface area contributed by atoms with Gasteiger partial charge >= 0.3 is 6.18 Å². The van der Waals surface area contributed by atoms with Gasteiger partial charge in [0.1, 0.15) is 23.9 Å². The van der Waals surface area contributed by atoms with Gasteiger partial charge in [-0.3, -0.25) is 0 Å². The fraction of sp³-hybridized carbons (Fsp3) is 0.389. The van der Waals surface area contributed by atoms with Crippen LogP contribution in [0.3, 0.4) is 0 Å². The van der Waals surface area contributed by atoms with Crippen molar-refractivity contribution < 1.29 is 38.8 Å². The molecule has 0 atom stereocenters. The van der Waals surface area contributed by atoms with Crippen molar-refractivity contribution in [2.24, 2.45) is 0 Å². The maximum absolute atomic E-state index is 13.8. The molecule has 3 rings (SSSR count). The Labute approximate surface area is 203 Å². The molecule has 5 nitrogen and oxygen atoms in total. The molecular weight excluding hydrogens is 660 g/mol. The second-order valence-corrected chi connectivity index (χ2v) is 8.93. The van der Waals surface area contributed by atoms with Crippen molar-refractivity contribution in [3.63, 3.8) is 0 Å². The zero-order valence-electron chi connectivity index (χ0n) is 15.7. The summed E-state index contributed by atoms with van der Waals surface area (Å²) in [5, 5.41) is 0. The van der Waals surface area contributed by atoms with Crippen LogP contribution in [0.5, 0.6) is 0 Å². The van der Waals surface area contributed by atoms with Crippen molar-refractivity contribution in [1.82, 2.24) is 15.0 Å². The Kier molecular flexibility index (Phi) is 7.82. The minimum absolute atomic E-state index is 0. The largest absolute Gasteiger partial charge is 0.443 e. The van der Waals surface area contributed by atoms with Crippen molar-refractivity contribution in [2.45, 2.75) is 45.7 Å². The third kappa shape index (κ3) is 4.98. The van der Waals surface area contributed by atoms with Gasteiger partial charge in [-0.15, -0.1) is 0 Å². The van der Waals surface area contributed by atoms with Crippen LogP contribution in [-0.2, 0) is 23.0 Å². The van der Waals surface area contributed by atoms with Crippen LogP contribution in [0.4, 0.5) is 13.2 Å². The van der Waals surface area contributed by atoms with Crippen LogP contribution in [0.25, 0.3) is 23.2 Å². The number of pyridine rings is 1. The Morgan fingerprint density at radius 3 is 1.45 bits per heavy atom. The maximum atomic E-state index is 13.8. The van der Waals surface area contributed by atoms with E-state index < -0.39 is 11.7 Å². The van der Waals surface area contributed by atoms with Gasteiger partial charge in [-0.05, 0) is 57.0 Å². The minimum atomic E-state index is -4.58. The number of rotatable bonds is 4. The molecule has 3 aromatic rings. The van der Waals surface area contributed by atoms with Gasteiger partial charge in [-0.2, -0.15) is 13.2 Å². The van der Waals surface area contributed by atoms with Gasteiger partial charge in [0, 0.05) is 16.8 Å². The molecule has 11 heteroatoms. The molecule has 0 aromatic carbocycles. The number of hydrogen-bond acceptors (Lipinski definition) is 5. The van der Waals surface area contributed by atoms with Crippen molar-refractivity contribution in [1.29, 1.82) is 0 Å². The third-order valence-corrected chi connectivity index (χ3v) is 6.09. The van der Waals surface area contributed by atoms with Gasteiger partial charge in [-0.1, -0.05) is 27.7 Å². The number of aromatic nitrogens is 3. The molecule has 159 valence electrons. The molecule has 0 fully saturated rings. The van der Waals surface area contributed by atoms with Gasteiger partial charge in [0.2, 0.25) is 11.8 Å². The van der Waals surface area contributed by atoms with E-state index in [-0.39, 0.29) is 58.9 Å². The monoisotopic (exact) mass is 676 g/mol. The fourth-order valence-electron chi connectivity index (χ4n) is 2.40. The zero-order chi connectivity index (χ0) is 20.8. The molecule has 29 heavy (non-hydrogen) atoms. The first-order chi connectivity index (χ1) is 13.0. The van der Waals surface area contributed by atoms with Crippen LogP contribution in [0.2, 0.25) is 0 Å². The summed E-state index contributed by atoms with van der Waals surface area (Å²) in [5.41, 5.74) is 0.500. The molecule has 3 aromatic heterocycles. The van der Waals surface area contributed by atoms with E-state index in [1.165, 1.54) is 12.5 Å². The number of oxazole rings is 2. The van der Waals surface area contributed by atoms with Crippen molar-refractivity contribution in [3.05, 3.63) is 36.6 Å². The first-order valence-electron chi connectivity index (χ1n) is 8.38. The summed E-state index contributed by atoms with van der Waals surface area (Å²) in [6.45, 7) is 7.67. The Morgan fingerprint density at radius 2 is 1.17 bits per heavy atom. The Hall–Kier alpha value is -0.674. The first-order valence-corrected chi connectivity index (χ1v) is 10.5. The van der Waals surface area contributed by atoms with E-state index in [0.717, 1.165) is 0 Å². The number of nitrogens with zero attached hydrogens (tertiary/aromatic N) is 3. The van der Waals surface area contributed by atoms with Gasteiger partial charge in [0.15, 0.2) is 0 Å². The van der Waals surface area contributed by atoms with Gasteiger partial charge in [0.05, 0.1) is 24.1 Å². The molecule has 0 aliphatic heterocycles. The second kappa shape index (κ2) is 9.22. The first kappa shape index (κ1) is 24.6. The molecule has 0 bridgehead atoms. The average molecular weight is 676 g/mol. The van der Waals surface area contributed by atoms with Gasteiger partial charge in [0.25, 0.3) is 0 Å². The van der Waals surface area contributed by atoms with Crippen LogP contribution in [-0.4, -0.2) is 15.0 Å². The smallest absolute Gasteiger partial charge is 0.418 e. The SMILES string of the molecule is CC(C)c1coc(-c2nc(-c3nc(C(C)C)co3)c(I)c(C(F)(F)F)c2I)n1.[Co]. The van der Waals surface area contributed by atoms with Crippen molar-refractivity contribution in [2.75, 3.05) is 0 Å². The van der Waals surface area contributed by atoms with E-state index in [9.17, 15) is 13.2 Å². The van der Waals surface area contributed by atoms with Crippen molar-refractivity contribution in [3.8, 4) is 23.2 Å². The quantitative estimate of drug-likeness (QED) is 0.283. The van der Waals surface area contributed by atoms with E-state index >= 15 is 0 Å². The standard InChI is InChI=1S/C18H16F3I2N3O2.Co/c1-7(2)9-5-27-16(24-9)14-12(22)11(18(19,20)21)13(23)15(26-14)17-25-10(6-28-17)8(3)4;/h5-8H,1-4H3;. The average Bonchev–Trinajstić information content (AvgIpc) is 3.23. The molecule has 0 unspecified atom stereocenters. The molecule has 0 saturated carbocycles. The van der Waals surface area contributed by atoms with E-state index in [4.69, 9.17) is 8.83 Å². The summed E-state index contributed by atoms with van der Waals surface area (Å²) in [6.07, 6.45) is -1.71. The minimum Gasteiger partial charge on any atom is -0.443 e. The molecule has 3 heterocycles. The Bertz CT molecular complexity index is 946. The van der Waals surface area contributed by atoms with E-state index in [1.54, 1.807) is 45.2 Å². The predicted molar refractivity (Wildman–Crippen MR) is 114 cm³/mol. The zero-order valence-corrected chi connectivity index (χ0v) is 21.0. The molecule has 0 aliphatic rings. The summed E-state index contributed by atoms with van der Waals surface area (Å²) in [6, 6.07) is 0. The third-order valence-electron chi connectivity index (χ3n) is 3.99. The summed E-state index contributed by atoms with van der Waals surface area (Å²) >= 11 is 3.27. The molecule has 0 aliphatic carbocycles. The summed E-state index contributed by atoms with van der Waals surface area (Å²) in [4.78, 5) is 13.0. The van der Waals surface area contributed by atoms with Crippen LogP contribution < -0.4 is 0 Å². The summed E-state index contributed by atoms with van der Waals surface area (Å²) in [7, 11) is 0. The Balaban J connectivity index is 0.00000300. The molecule has 0 amide bonds. The molecular formula is C18H16CoF3I2N3O2. The van der Waals surface area contributed by atoms with E-state index in [2.05, 4.69) is 15.0 Å². The number of alkyl halides is 3. The topological polar surface area (TPSA) is 65.0 Å². The Morgan fingerprint density at radius 1 is 0.793 bits per heavy atom. The summed E-state index contributed by atoms with van der Waals surface area (Å²) in [5.74, 6) is 0.209. The summed E-state index contributed by atoms with van der Waals surface area (Å²) < 4.78 is 52.2. The molecule has 0 N–H and O–H groups in total. The van der Waals surface area contributed by atoms with E-state index in [1.807, 2.05) is 27.7 Å². The molecule has 1 radical (unpaired) electrons. The maximum Gasteiger partial charge on any atom is 0.418 e. The van der Waals surface area contributed by atoms with Crippen LogP contribution in [0.1, 0.15) is 56.5 Å². The predicted octanol–water partition coefficient (Wildman–Crippen LogP) is 6.86. The van der Waals surface area contributed by atoms with Crippen LogP contribution in [0.15, 0.2) is 21.4 Å². The molecule has 0 spiro atoms. The van der Waals surface area contributed by atoms with Gasteiger partial charge in [-0.25, -0.2) is 15.0 Å². The fourth-order valence-corrected chi connectivity index (χ4v) is 4.77. The van der Waals surface area contributed by atoms with Crippen molar-refractivity contribution >= 4 is 45.2 Å². The molecule has 0 saturated heterocycles. The van der Waals surface area contributed by atoms with Gasteiger partial charge < -0.3 is 8.83 Å². The van der Waals surface area contributed by atoms with Crippen LogP contribution >= 0.6 is 45.2 Å². The van der Waals surface area contributed by atoms with E-state index in [0.29, 0.717) is 11.4 Å². The normalized spacial score (nSPS) is 12.0. The number of hydrogen-bond donors (Lipinski definition) is 0. The second-order valence-electron chi connectivity index (χ2n) is 6.77.